The zero-order valence-electron chi connectivity index (χ0n) is 12.9. The van der Waals surface area contributed by atoms with Gasteiger partial charge in [0.25, 0.3) is 0 Å². The number of imide groups is 1. The van der Waals surface area contributed by atoms with Gasteiger partial charge in [0, 0.05) is 19.5 Å². The lowest BCUT2D eigenvalue weighted by Crippen LogP contribution is -2.55. The van der Waals surface area contributed by atoms with Crippen LogP contribution in [0.4, 0.5) is 4.79 Å². The van der Waals surface area contributed by atoms with Crippen LogP contribution in [0, 0.1) is 0 Å². The smallest absolute Gasteiger partial charge is 0.324 e. The number of urea groups is 1. The van der Waals surface area contributed by atoms with Crippen molar-refractivity contribution in [2.75, 3.05) is 26.7 Å². The van der Waals surface area contributed by atoms with E-state index in [0.717, 1.165) is 22.6 Å². The van der Waals surface area contributed by atoms with Crippen molar-refractivity contribution < 1.29 is 19.1 Å². The zero-order chi connectivity index (χ0) is 16.4. The number of amides is 4. The minimum absolute atomic E-state index is 0.0273. The number of nitrogens with zero attached hydrogens (tertiary/aromatic N) is 2. The lowest BCUT2D eigenvalue weighted by atomic mass is 9.94. The second-order valence-corrected chi connectivity index (χ2v) is 5.63. The van der Waals surface area contributed by atoms with Crippen LogP contribution >= 0.6 is 0 Å². The Labute approximate surface area is 134 Å². The summed E-state index contributed by atoms with van der Waals surface area (Å²) >= 11 is 0. The van der Waals surface area contributed by atoms with Gasteiger partial charge in [-0.25, -0.2) is 4.79 Å². The highest BCUT2D eigenvalue weighted by atomic mass is 16.5. The molecule has 0 aromatic heterocycles. The van der Waals surface area contributed by atoms with Gasteiger partial charge in [0.2, 0.25) is 11.8 Å². The summed E-state index contributed by atoms with van der Waals surface area (Å²) in [5, 5.41) is 2.58. The maximum atomic E-state index is 12.4. The molecule has 7 nitrogen and oxygen atoms in total. The van der Waals surface area contributed by atoms with Crippen molar-refractivity contribution in [2.24, 2.45) is 0 Å². The minimum Gasteiger partial charge on any atom is -0.497 e. The summed E-state index contributed by atoms with van der Waals surface area (Å²) in [5.41, 5.74) is 0.998. The number of rotatable bonds is 4. The number of methoxy groups -OCH3 is 1. The Kier molecular flexibility index (Phi) is 4.18. The Hall–Kier alpha value is -2.57. The van der Waals surface area contributed by atoms with E-state index < -0.39 is 6.03 Å². The molecule has 0 aliphatic carbocycles. The van der Waals surface area contributed by atoms with Crippen molar-refractivity contribution in [3.63, 3.8) is 0 Å². The van der Waals surface area contributed by atoms with Crippen LogP contribution in [-0.4, -0.2) is 54.4 Å². The van der Waals surface area contributed by atoms with Crippen molar-refractivity contribution in [1.29, 1.82) is 0 Å². The molecule has 1 unspecified atom stereocenters. The van der Waals surface area contributed by atoms with Gasteiger partial charge in [-0.05, 0) is 24.1 Å². The molecule has 1 aromatic rings. The molecular formula is C16H19N3O4. The quantitative estimate of drug-likeness (QED) is 0.895. The number of hydrogen-bond acceptors (Lipinski definition) is 4. The molecule has 0 radical (unpaired) electrons. The number of likely N-dealkylation sites (tertiary alicyclic amines) is 1. The van der Waals surface area contributed by atoms with E-state index in [2.05, 4.69) is 5.32 Å². The highest BCUT2D eigenvalue weighted by molar-refractivity contribution is 6.00. The molecule has 1 aromatic carbocycles. The van der Waals surface area contributed by atoms with Gasteiger partial charge in [-0.2, -0.15) is 0 Å². The van der Waals surface area contributed by atoms with Crippen LogP contribution in [0.25, 0.3) is 0 Å². The van der Waals surface area contributed by atoms with Crippen molar-refractivity contribution in [1.82, 2.24) is 15.1 Å². The summed E-state index contributed by atoms with van der Waals surface area (Å²) in [4.78, 5) is 38.6. The fraction of sp³-hybridized carbons (Fsp3) is 0.438. The number of nitrogens with one attached hydrogen (secondary N) is 1. The highest BCUT2D eigenvalue weighted by Crippen LogP contribution is 2.34. The molecule has 7 heteroatoms. The molecule has 0 spiro atoms. The molecule has 122 valence electrons. The average Bonchev–Trinajstić information content (AvgIpc) is 2.50. The van der Waals surface area contributed by atoms with Gasteiger partial charge in [-0.1, -0.05) is 12.1 Å². The molecule has 2 heterocycles. The molecule has 0 bridgehead atoms. The van der Waals surface area contributed by atoms with Crippen molar-refractivity contribution in [3.05, 3.63) is 29.8 Å². The first-order valence-electron chi connectivity index (χ1n) is 7.62. The van der Waals surface area contributed by atoms with E-state index in [1.165, 1.54) is 0 Å². The molecule has 4 amide bonds. The van der Waals surface area contributed by atoms with Gasteiger partial charge in [-0.3, -0.25) is 14.5 Å². The number of benzene rings is 1. The molecule has 2 aliphatic heterocycles. The van der Waals surface area contributed by atoms with Gasteiger partial charge in [0.1, 0.15) is 12.3 Å². The Morgan fingerprint density at radius 1 is 1.39 bits per heavy atom. The van der Waals surface area contributed by atoms with E-state index in [1.807, 2.05) is 24.3 Å². The van der Waals surface area contributed by atoms with Gasteiger partial charge >= 0.3 is 6.03 Å². The maximum absolute atomic E-state index is 12.4. The molecule has 2 fully saturated rings. The number of hydrogen-bond donors (Lipinski definition) is 1. The van der Waals surface area contributed by atoms with Crippen molar-refractivity contribution in [2.45, 2.75) is 18.9 Å². The molecule has 1 atom stereocenters. The van der Waals surface area contributed by atoms with Crippen molar-refractivity contribution >= 4 is 17.8 Å². The first-order valence-corrected chi connectivity index (χ1v) is 7.62. The van der Waals surface area contributed by atoms with Crippen LogP contribution in [-0.2, 0) is 9.59 Å². The van der Waals surface area contributed by atoms with Crippen LogP contribution in [0.3, 0.4) is 0 Å². The lowest BCUT2D eigenvalue weighted by molar-refractivity contribution is -0.144. The molecule has 2 saturated heterocycles. The standard InChI is InChI=1S/C16H19N3O4/c1-23-12-4-2-3-11(9-12)13-6-8-18(13)15(21)10-19-14(20)5-7-17-16(19)22/h2-4,9,13H,5-8,10H2,1H3,(H,17,22). The lowest BCUT2D eigenvalue weighted by Gasteiger charge is -2.42. The van der Waals surface area contributed by atoms with E-state index in [1.54, 1.807) is 12.0 Å². The topological polar surface area (TPSA) is 79.0 Å². The highest BCUT2D eigenvalue weighted by Gasteiger charge is 2.36. The number of carbonyl (C=O) groups is 3. The molecule has 2 aliphatic rings. The first kappa shape index (κ1) is 15.3. The van der Waals surface area contributed by atoms with E-state index >= 15 is 0 Å². The number of ether oxygens (including phenoxy) is 1. The van der Waals surface area contributed by atoms with E-state index in [0.29, 0.717) is 13.1 Å². The second kappa shape index (κ2) is 6.28. The SMILES string of the molecule is COc1cccc(C2CCN2C(=O)CN2C(=O)CCNC2=O)c1. The maximum Gasteiger partial charge on any atom is 0.324 e. The summed E-state index contributed by atoms with van der Waals surface area (Å²) in [5.74, 6) is 0.224. The third-order valence-electron chi connectivity index (χ3n) is 4.27. The Morgan fingerprint density at radius 2 is 2.22 bits per heavy atom. The zero-order valence-corrected chi connectivity index (χ0v) is 12.9. The predicted molar refractivity (Wildman–Crippen MR) is 81.8 cm³/mol. The summed E-state index contributed by atoms with van der Waals surface area (Å²) in [7, 11) is 1.60. The van der Waals surface area contributed by atoms with Gasteiger partial charge in [0.05, 0.1) is 13.2 Å². The normalized spacial score (nSPS) is 20.8. The molecule has 23 heavy (non-hydrogen) atoms. The van der Waals surface area contributed by atoms with Gasteiger partial charge in [-0.15, -0.1) is 0 Å². The minimum atomic E-state index is -0.493. The largest absolute Gasteiger partial charge is 0.497 e. The Balaban J connectivity index is 1.68. The fourth-order valence-electron chi connectivity index (χ4n) is 2.89. The van der Waals surface area contributed by atoms with Crippen LogP contribution in [0.15, 0.2) is 24.3 Å². The molecule has 3 rings (SSSR count). The Morgan fingerprint density at radius 3 is 2.87 bits per heavy atom. The third-order valence-corrected chi connectivity index (χ3v) is 4.27. The van der Waals surface area contributed by atoms with Gasteiger partial charge in [0.15, 0.2) is 0 Å². The fourth-order valence-corrected chi connectivity index (χ4v) is 2.89. The van der Waals surface area contributed by atoms with Gasteiger partial charge < -0.3 is 15.0 Å². The van der Waals surface area contributed by atoms with E-state index in [9.17, 15) is 14.4 Å². The summed E-state index contributed by atoms with van der Waals surface area (Å²) in [6, 6.07) is 7.07. The molecule has 0 saturated carbocycles. The van der Waals surface area contributed by atoms with E-state index in [4.69, 9.17) is 4.74 Å². The summed E-state index contributed by atoms with van der Waals surface area (Å²) < 4.78 is 5.21. The van der Waals surface area contributed by atoms with Crippen LogP contribution in [0.5, 0.6) is 5.75 Å². The predicted octanol–water partition coefficient (Wildman–Crippen LogP) is 0.910. The van der Waals surface area contributed by atoms with E-state index in [-0.39, 0.29) is 30.8 Å². The average molecular weight is 317 g/mol. The first-order chi connectivity index (χ1) is 11.1. The summed E-state index contributed by atoms with van der Waals surface area (Å²) in [6.07, 6.45) is 1.09. The molecule has 1 N–H and O–H groups in total. The van der Waals surface area contributed by atoms with Crippen LogP contribution in [0.1, 0.15) is 24.4 Å². The Bertz CT molecular complexity index is 630. The van der Waals surface area contributed by atoms with Crippen LogP contribution in [0.2, 0.25) is 0 Å². The van der Waals surface area contributed by atoms with Crippen LogP contribution < -0.4 is 10.1 Å². The summed E-state index contributed by atoms with van der Waals surface area (Å²) in [6.45, 7) is 0.758. The second-order valence-electron chi connectivity index (χ2n) is 5.63. The molecular weight excluding hydrogens is 298 g/mol. The monoisotopic (exact) mass is 317 g/mol. The third kappa shape index (κ3) is 2.99. The van der Waals surface area contributed by atoms with Crippen molar-refractivity contribution in [3.8, 4) is 5.75 Å². The number of carbonyl (C=O) groups excluding carboxylic acids is 3.